The fourth-order valence-corrected chi connectivity index (χ4v) is 2.19. The molecule has 0 radical (unpaired) electrons. The van der Waals surface area contributed by atoms with E-state index in [2.05, 4.69) is 26.2 Å². The van der Waals surface area contributed by atoms with Crippen molar-refractivity contribution >= 4 is 11.8 Å². The van der Waals surface area contributed by atoms with Crippen LogP contribution in [0.2, 0.25) is 0 Å². The summed E-state index contributed by atoms with van der Waals surface area (Å²) < 4.78 is 0. The SMILES string of the molecule is CCNC(=O)CCNCCN(CCNCCN)CCC(=O)NCC. The van der Waals surface area contributed by atoms with Gasteiger partial charge < -0.3 is 31.9 Å². The van der Waals surface area contributed by atoms with E-state index in [-0.39, 0.29) is 11.8 Å². The lowest BCUT2D eigenvalue weighted by Gasteiger charge is -2.22. The molecule has 0 aliphatic heterocycles. The van der Waals surface area contributed by atoms with Gasteiger partial charge in [-0.05, 0) is 13.8 Å². The minimum absolute atomic E-state index is 0.0732. The maximum absolute atomic E-state index is 11.6. The molecule has 142 valence electrons. The van der Waals surface area contributed by atoms with Crippen molar-refractivity contribution in [1.29, 1.82) is 0 Å². The van der Waals surface area contributed by atoms with Crippen LogP contribution >= 0.6 is 0 Å². The first-order chi connectivity index (χ1) is 11.6. The van der Waals surface area contributed by atoms with Gasteiger partial charge in [0.15, 0.2) is 0 Å². The average molecular weight is 345 g/mol. The van der Waals surface area contributed by atoms with Crippen LogP contribution < -0.4 is 27.0 Å². The van der Waals surface area contributed by atoms with Gasteiger partial charge in [-0.3, -0.25) is 9.59 Å². The zero-order valence-electron chi connectivity index (χ0n) is 15.3. The van der Waals surface area contributed by atoms with E-state index in [0.717, 1.165) is 39.3 Å². The quantitative estimate of drug-likeness (QED) is 0.217. The molecular weight excluding hydrogens is 308 g/mol. The molecule has 0 heterocycles. The van der Waals surface area contributed by atoms with Gasteiger partial charge in [-0.1, -0.05) is 0 Å². The molecule has 8 heteroatoms. The topological polar surface area (TPSA) is 112 Å². The molecule has 0 fully saturated rings. The van der Waals surface area contributed by atoms with Crippen LogP contribution in [0.4, 0.5) is 0 Å². The first kappa shape index (κ1) is 22.8. The molecule has 0 aromatic heterocycles. The van der Waals surface area contributed by atoms with Gasteiger partial charge in [0.2, 0.25) is 11.8 Å². The Morgan fingerprint density at radius 3 is 1.88 bits per heavy atom. The fourth-order valence-electron chi connectivity index (χ4n) is 2.19. The minimum atomic E-state index is 0.0732. The molecular formula is C16H36N6O2. The predicted octanol–water partition coefficient (Wildman–Crippen LogP) is -1.52. The minimum Gasteiger partial charge on any atom is -0.356 e. The second kappa shape index (κ2) is 16.6. The molecule has 0 aromatic carbocycles. The molecule has 6 N–H and O–H groups in total. The summed E-state index contributed by atoms with van der Waals surface area (Å²) in [5.74, 6) is 0.158. The van der Waals surface area contributed by atoms with E-state index in [0.29, 0.717) is 39.0 Å². The van der Waals surface area contributed by atoms with Crippen molar-refractivity contribution in [2.45, 2.75) is 26.7 Å². The second-order valence-corrected chi connectivity index (χ2v) is 5.54. The molecule has 8 nitrogen and oxygen atoms in total. The van der Waals surface area contributed by atoms with Gasteiger partial charge >= 0.3 is 0 Å². The highest BCUT2D eigenvalue weighted by atomic mass is 16.2. The van der Waals surface area contributed by atoms with Gasteiger partial charge in [0.05, 0.1) is 0 Å². The van der Waals surface area contributed by atoms with E-state index in [9.17, 15) is 9.59 Å². The van der Waals surface area contributed by atoms with E-state index >= 15 is 0 Å². The Hall–Kier alpha value is -1.22. The molecule has 0 saturated carbocycles. The second-order valence-electron chi connectivity index (χ2n) is 5.54. The van der Waals surface area contributed by atoms with Crippen LogP contribution in [-0.2, 0) is 9.59 Å². The van der Waals surface area contributed by atoms with Crippen LogP contribution in [0.25, 0.3) is 0 Å². The smallest absolute Gasteiger partial charge is 0.221 e. The van der Waals surface area contributed by atoms with Gasteiger partial charge in [0.1, 0.15) is 0 Å². The van der Waals surface area contributed by atoms with E-state index in [1.54, 1.807) is 0 Å². The largest absolute Gasteiger partial charge is 0.356 e. The highest BCUT2D eigenvalue weighted by Crippen LogP contribution is 1.91. The van der Waals surface area contributed by atoms with Crippen LogP contribution in [-0.4, -0.2) is 82.2 Å². The number of amides is 2. The number of hydrogen-bond donors (Lipinski definition) is 5. The third kappa shape index (κ3) is 14.4. The molecule has 24 heavy (non-hydrogen) atoms. The number of nitrogens with zero attached hydrogens (tertiary/aromatic N) is 1. The summed E-state index contributed by atoms with van der Waals surface area (Å²) in [5, 5.41) is 12.1. The Morgan fingerprint density at radius 1 is 0.792 bits per heavy atom. The molecule has 0 bridgehead atoms. The Kier molecular flexibility index (Phi) is 15.8. The lowest BCUT2D eigenvalue weighted by atomic mass is 10.3. The lowest BCUT2D eigenvalue weighted by Crippen LogP contribution is -2.40. The Balaban J connectivity index is 3.95. The summed E-state index contributed by atoms with van der Waals surface area (Å²) in [6, 6.07) is 0. The van der Waals surface area contributed by atoms with Crippen LogP contribution in [0.1, 0.15) is 26.7 Å². The fraction of sp³-hybridized carbons (Fsp3) is 0.875. The lowest BCUT2D eigenvalue weighted by molar-refractivity contribution is -0.122. The Morgan fingerprint density at radius 2 is 1.33 bits per heavy atom. The first-order valence-corrected chi connectivity index (χ1v) is 9.01. The number of rotatable bonds is 16. The third-order valence-corrected chi connectivity index (χ3v) is 3.46. The van der Waals surface area contributed by atoms with Gasteiger partial charge in [-0.25, -0.2) is 0 Å². The van der Waals surface area contributed by atoms with Crippen LogP contribution in [0.15, 0.2) is 0 Å². The molecule has 0 rings (SSSR count). The van der Waals surface area contributed by atoms with Gasteiger partial charge in [-0.2, -0.15) is 0 Å². The molecule has 0 saturated heterocycles. The van der Waals surface area contributed by atoms with Crippen LogP contribution in [0.3, 0.4) is 0 Å². The average Bonchev–Trinajstić information content (AvgIpc) is 2.56. The monoisotopic (exact) mass is 344 g/mol. The van der Waals surface area contributed by atoms with Crippen LogP contribution in [0, 0.1) is 0 Å². The molecule has 0 aromatic rings. The summed E-state index contributed by atoms with van der Waals surface area (Å²) in [4.78, 5) is 25.2. The van der Waals surface area contributed by atoms with Crippen molar-refractivity contribution in [3.63, 3.8) is 0 Å². The van der Waals surface area contributed by atoms with E-state index in [4.69, 9.17) is 5.73 Å². The van der Waals surface area contributed by atoms with Gasteiger partial charge in [0, 0.05) is 78.3 Å². The zero-order valence-corrected chi connectivity index (χ0v) is 15.3. The summed E-state index contributed by atoms with van der Waals surface area (Å²) in [6.45, 7) is 11.4. The number of carbonyl (C=O) groups is 2. The number of nitrogens with two attached hydrogens (primary N) is 1. The molecule has 2 amide bonds. The Labute approximate surface area is 146 Å². The number of nitrogens with one attached hydrogen (secondary N) is 4. The maximum atomic E-state index is 11.6. The zero-order chi connectivity index (χ0) is 18.0. The van der Waals surface area contributed by atoms with Crippen molar-refractivity contribution in [3.8, 4) is 0 Å². The normalized spacial score (nSPS) is 10.8. The van der Waals surface area contributed by atoms with E-state index < -0.39 is 0 Å². The van der Waals surface area contributed by atoms with Crippen LogP contribution in [0.5, 0.6) is 0 Å². The maximum Gasteiger partial charge on any atom is 0.221 e. The van der Waals surface area contributed by atoms with Gasteiger partial charge in [-0.15, -0.1) is 0 Å². The van der Waals surface area contributed by atoms with Crippen molar-refractivity contribution in [2.24, 2.45) is 5.73 Å². The Bertz CT molecular complexity index is 328. The third-order valence-electron chi connectivity index (χ3n) is 3.46. The predicted molar refractivity (Wildman–Crippen MR) is 97.8 cm³/mol. The first-order valence-electron chi connectivity index (χ1n) is 9.01. The summed E-state index contributed by atoms with van der Waals surface area (Å²) in [7, 11) is 0. The molecule has 0 unspecified atom stereocenters. The molecule has 0 aliphatic carbocycles. The highest BCUT2D eigenvalue weighted by Gasteiger charge is 2.08. The number of hydrogen-bond acceptors (Lipinski definition) is 6. The summed E-state index contributed by atoms with van der Waals surface area (Å²) in [5.41, 5.74) is 5.46. The van der Waals surface area contributed by atoms with Crippen molar-refractivity contribution < 1.29 is 9.59 Å². The van der Waals surface area contributed by atoms with Crippen molar-refractivity contribution in [2.75, 3.05) is 65.4 Å². The molecule has 0 atom stereocenters. The molecule has 0 aliphatic rings. The van der Waals surface area contributed by atoms with Gasteiger partial charge in [0.25, 0.3) is 0 Å². The molecule has 0 spiro atoms. The summed E-state index contributed by atoms with van der Waals surface area (Å²) >= 11 is 0. The van der Waals surface area contributed by atoms with Crippen molar-refractivity contribution in [3.05, 3.63) is 0 Å². The van der Waals surface area contributed by atoms with E-state index in [1.807, 2.05) is 13.8 Å². The standard InChI is InChI=1S/C16H36N6O2/c1-3-20-15(23)5-8-18-10-13-22(14-11-19-9-7-17)12-6-16(24)21-4-2/h18-19H,3-14,17H2,1-2H3,(H,20,23)(H,21,24). The summed E-state index contributed by atoms with van der Waals surface area (Å²) in [6.07, 6.45) is 0.994. The number of carbonyl (C=O) groups excluding carboxylic acids is 2. The highest BCUT2D eigenvalue weighted by molar-refractivity contribution is 5.76. The van der Waals surface area contributed by atoms with Crippen molar-refractivity contribution in [1.82, 2.24) is 26.2 Å². The van der Waals surface area contributed by atoms with E-state index in [1.165, 1.54) is 0 Å².